The number of hydrogen-bond acceptors (Lipinski definition) is 5. The highest BCUT2D eigenvalue weighted by Crippen LogP contribution is 2.26. The molecule has 7 nitrogen and oxygen atoms in total. The van der Waals surface area contributed by atoms with Gasteiger partial charge in [0.25, 0.3) is 0 Å². The highest BCUT2D eigenvalue weighted by molar-refractivity contribution is 5.79. The summed E-state index contributed by atoms with van der Waals surface area (Å²) in [7, 11) is 3.42. The first kappa shape index (κ1) is 22.9. The molecule has 0 bridgehead atoms. The van der Waals surface area contributed by atoms with Crippen LogP contribution >= 0.6 is 0 Å². The van der Waals surface area contributed by atoms with Crippen molar-refractivity contribution in [3.63, 3.8) is 0 Å². The maximum atomic E-state index is 6.00. The van der Waals surface area contributed by atoms with E-state index in [4.69, 9.17) is 14.2 Å². The number of nitrogens with zero attached hydrogens (tertiary/aromatic N) is 2. The monoisotopic (exact) mass is 426 g/mol. The summed E-state index contributed by atoms with van der Waals surface area (Å²) >= 11 is 0. The summed E-state index contributed by atoms with van der Waals surface area (Å²) in [4.78, 5) is 6.75. The van der Waals surface area contributed by atoms with Crippen LogP contribution < -0.4 is 20.1 Å². The Labute approximate surface area is 185 Å². The first-order valence-electron chi connectivity index (χ1n) is 10.8. The molecule has 1 aliphatic heterocycles. The molecule has 1 saturated heterocycles. The first-order chi connectivity index (χ1) is 15.2. The zero-order chi connectivity index (χ0) is 21.9. The number of benzene rings is 2. The number of ether oxygens (including phenoxy) is 3. The van der Waals surface area contributed by atoms with Crippen LogP contribution in [0.15, 0.2) is 53.5 Å². The Morgan fingerprint density at radius 1 is 1.06 bits per heavy atom. The molecule has 1 atom stereocenters. The van der Waals surface area contributed by atoms with Crippen molar-refractivity contribution in [1.29, 1.82) is 0 Å². The lowest BCUT2D eigenvalue weighted by Crippen LogP contribution is -2.41. The molecule has 1 aliphatic rings. The standard InChI is InChI=1S/C24H34N4O3/c1-19(31-23-10-5-4-9-22(23)29-3)16-26-24(25-2)27-17-20-7-6-8-21(15-20)18-28-11-13-30-14-12-28/h4-10,15,19H,11-14,16-18H2,1-3H3,(H2,25,26,27). The number of morpholine rings is 1. The van der Waals surface area contributed by atoms with Gasteiger partial charge in [-0.2, -0.15) is 0 Å². The third kappa shape index (κ3) is 7.45. The summed E-state index contributed by atoms with van der Waals surface area (Å²) in [6, 6.07) is 16.4. The minimum Gasteiger partial charge on any atom is -0.493 e. The normalized spacial score (nSPS) is 15.9. The molecule has 3 rings (SSSR count). The Morgan fingerprint density at radius 2 is 1.81 bits per heavy atom. The third-order valence-corrected chi connectivity index (χ3v) is 5.14. The van der Waals surface area contributed by atoms with Crippen LogP contribution in [0.5, 0.6) is 11.5 Å². The summed E-state index contributed by atoms with van der Waals surface area (Å²) in [5.41, 5.74) is 2.55. The van der Waals surface area contributed by atoms with Crippen LogP contribution in [0.3, 0.4) is 0 Å². The van der Waals surface area contributed by atoms with Crippen molar-refractivity contribution in [2.24, 2.45) is 4.99 Å². The summed E-state index contributed by atoms with van der Waals surface area (Å²) in [5.74, 6) is 2.21. The number of methoxy groups -OCH3 is 1. The van der Waals surface area contributed by atoms with Crippen molar-refractivity contribution in [2.45, 2.75) is 26.1 Å². The second-order valence-electron chi connectivity index (χ2n) is 7.59. The van der Waals surface area contributed by atoms with E-state index in [1.165, 1.54) is 11.1 Å². The summed E-state index contributed by atoms with van der Waals surface area (Å²) < 4.78 is 16.8. The number of para-hydroxylation sites is 2. The van der Waals surface area contributed by atoms with Gasteiger partial charge in [0.2, 0.25) is 0 Å². The Kier molecular flexibility index (Phi) is 8.99. The fourth-order valence-corrected chi connectivity index (χ4v) is 3.48. The molecule has 2 N–H and O–H groups in total. The third-order valence-electron chi connectivity index (χ3n) is 5.14. The SMILES string of the molecule is CN=C(NCc1cccc(CN2CCOCC2)c1)NCC(C)Oc1ccccc1OC. The van der Waals surface area contributed by atoms with Gasteiger partial charge in [-0.25, -0.2) is 0 Å². The highest BCUT2D eigenvalue weighted by Gasteiger charge is 2.11. The van der Waals surface area contributed by atoms with Gasteiger partial charge < -0.3 is 24.8 Å². The van der Waals surface area contributed by atoms with Crippen molar-refractivity contribution in [3.05, 3.63) is 59.7 Å². The smallest absolute Gasteiger partial charge is 0.191 e. The van der Waals surface area contributed by atoms with Gasteiger partial charge in [-0.1, -0.05) is 36.4 Å². The minimum atomic E-state index is -0.0494. The molecular weight excluding hydrogens is 392 g/mol. The van der Waals surface area contributed by atoms with Gasteiger partial charge in [-0.05, 0) is 30.2 Å². The summed E-state index contributed by atoms with van der Waals surface area (Å²) in [5, 5.41) is 6.71. The number of guanidine groups is 1. The van der Waals surface area contributed by atoms with E-state index < -0.39 is 0 Å². The topological polar surface area (TPSA) is 67.4 Å². The Bertz CT molecular complexity index is 837. The molecule has 31 heavy (non-hydrogen) atoms. The van der Waals surface area contributed by atoms with Crippen LogP contribution in [0.1, 0.15) is 18.1 Å². The quantitative estimate of drug-likeness (QED) is 0.475. The molecule has 1 heterocycles. The predicted molar refractivity (Wildman–Crippen MR) is 124 cm³/mol. The maximum Gasteiger partial charge on any atom is 0.191 e. The van der Waals surface area contributed by atoms with Gasteiger partial charge in [0.15, 0.2) is 17.5 Å². The molecule has 0 saturated carbocycles. The zero-order valence-corrected chi connectivity index (χ0v) is 18.8. The Morgan fingerprint density at radius 3 is 2.55 bits per heavy atom. The molecule has 0 amide bonds. The molecule has 0 aliphatic carbocycles. The van der Waals surface area contributed by atoms with Gasteiger partial charge in [-0.15, -0.1) is 0 Å². The second kappa shape index (κ2) is 12.2. The number of nitrogens with one attached hydrogen (secondary N) is 2. The average molecular weight is 427 g/mol. The molecule has 7 heteroatoms. The van der Waals surface area contributed by atoms with E-state index in [1.807, 2.05) is 31.2 Å². The maximum absolute atomic E-state index is 6.00. The molecule has 1 unspecified atom stereocenters. The van der Waals surface area contributed by atoms with Gasteiger partial charge >= 0.3 is 0 Å². The van der Waals surface area contributed by atoms with Crippen LogP contribution in [0.4, 0.5) is 0 Å². The van der Waals surface area contributed by atoms with E-state index in [0.717, 1.165) is 50.3 Å². The van der Waals surface area contributed by atoms with Gasteiger partial charge in [0.05, 0.1) is 26.9 Å². The lowest BCUT2D eigenvalue weighted by molar-refractivity contribution is 0.0342. The summed E-state index contributed by atoms with van der Waals surface area (Å²) in [6.07, 6.45) is -0.0494. The van der Waals surface area contributed by atoms with Crippen LogP contribution in [0.25, 0.3) is 0 Å². The van der Waals surface area contributed by atoms with Crippen LogP contribution in [0, 0.1) is 0 Å². The molecule has 1 fully saturated rings. The molecule has 2 aromatic rings. The fraction of sp³-hybridized carbons (Fsp3) is 0.458. The first-order valence-corrected chi connectivity index (χ1v) is 10.8. The molecular formula is C24H34N4O3. The Hall–Kier alpha value is -2.77. The number of aliphatic imine (C=N–C) groups is 1. The van der Waals surface area contributed by atoms with Crippen LogP contribution in [-0.2, 0) is 17.8 Å². The van der Waals surface area contributed by atoms with Crippen molar-refractivity contribution < 1.29 is 14.2 Å². The van der Waals surface area contributed by atoms with Crippen LogP contribution in [-0.4, -0.2) is 64.0 Å². The Balaban J connectivity index is 1.45. The van der Waals surface area contributed by atoms with E-state index in [1.54, 1.807) is 14.2 Å². The molecule has 0 spiro atoms. The number of rotatable bonds is 9. The van der Waals surface area contributed by atoms with Crippen LogP contribution in [0.2, 0.25) is 0 Å². The molecule has 2 aromatic carbocycles. The van der Waals surface area contributed by atoms with Gasteiger partial charge in [0, 0.05) is 33.2 Å². The van der Waals surface area contributed by atoms with Gasteiger partial charge in [0.1, 0.15) is 6.10 Å². The highest BCUT2D eigenvalue weighted by atomic mass is 16.5. The second-order valence-corrected chi connectivity index (χ2v) is 7.59. The minimum absolute atomic E-state index is 0.0494. The van der Waals surface area contributed by atoms with E-state index in [9.17, 15) is 0 Å². The van der Waals surface area contributed by atoms with Crippen molar-refractivity contribution in [2.75, 3.05) is 47.0 Å². The molecule has 0 radical (unpaired) electrons. The van der Waals surface area contributed by atoms with Crippen molar-refractivity contribution in [1.82, 2.24) is 15.5 Å². The fourth-order valence-electron chi connectivity index (χ4n) is 3.48. The van der Waals surface area contributed by atoms with E-state index >= 15 is 0 Å². The summed E-state index contributed by atoms with van der Waals surface area (Å²) in [6.45, 7) is 7.93. The lowest BCUT2D eigenvalue weighted by Gasteiger charge is -2.26. The van der Waals surface area contributed by atoms with Crippen molar-refractivity contribution >= 4 is 5.96 Å². The van der Waals surface area contributed by atoms with Gasteiger partial charge in [-0.3, -0.25) is 9.89 Å². The predicted octanol–water partition coefficient (Wildman–Crippen LogP) is 2.66. The lowest BCUT2D eigenvalue weighted by atomic mass is 10.1. The van der Waals surface area contributed by atoms with Crippen molar-refractivity contribution in [3.8, 4) is 11.5 Å². The largest absolute Gasteiger partial charge is 0.493 e. The average Bonchev–Trinajstić information content (AvgIpc) is 2.80. The van der Waals surface area contributed by atoms with E-state index in [0.29, 0.717) is 13.1 Å². The molecule has 0 aromatic heterocycles. The zero-order valence-electron chi connectivity index (χ0n) is 18.8. The van der Waals surface area contributed by atoms with E-state index in [-0.39, 0.29) is 6.10 Å². The van der Waals surface area contributed by atoms with E-state index in [2.05, 4.69) is 44.8 Å². The molecule has 168 valence electrons. The number of hydrogen-bond donors (Lipinski definition) is 2.